The first-order chi connectivity index (χ1) is 14.4. The molecule has 4 rings (SSSR count). The summed E-state index contributed by atoms with van der Waals surface area (Å²) in [6.07, 6.45) is 1.77. The maximum absolute atomic E-state index is 12.7. The zero-order valence-corrected chi connectivity index (χ0v) is 17.6. The molecule has 8 nitrogen and oxygen atoms in total. The average Bonchev–Trinajstić information content (AvgIpc) is 3.44. The van der Waals surface area contributed by atoms with Crippen molar-refractivity contribution in [2.24, 2.45) is 0 Å². The molecule has 2 aromatic carbocycles. The number of nitrogens with one attached hydrogen (secondary N) is 2. The predicted molar refractivity (Wildman–Crippen MR) is 112 cm³/mol. The number of carbonyl (C=O) groups is 1. The topological polar surface area (TPSA) is 97.0 Å². The Balaban J connectivity index is 1.36. The van der Waals surface area contributed by atoms with Gasteiger partial charge in [0.05, 0.1) is 4.90 Å². The summed E-state index contributed by atoms with van der Waals surface area (Å²) in [5.74, 6) is 1.17. The van der Waals surface area contributed by atoms with Crippen molar-refractivity contribution in [2.45, 2.75) is 37.2 Å². The summed E-state index contributed by atoms with van der Waals surface area (Å²) in [6, 6.07) is 11.6. The molecule has 1 atom stereocenters. The van der Waals surface area contributed by atoms with Crippen LogP contribution in [0.25, 0.3) is 0 Å². The molecular formula is C21H25N3O5S. The van der Waals surface area contributed by atoms with Gasteiger partial charge in [-0.1, -0.05) is 12.1 Å². The Hall–Kier alpha value is -2.78. The summed E-state index contributed by atoms with van der Waals surface area (Å²) in [5.41, 5.74) is 1.49. The van der Waals surface area contributed by atoms with Crippen molar-refractivity contribution in [2.75, 3.05) is 25.2 Å². The van der Waals surface area contributed by atoms with Gasteiger partial charge in [0.1, 0.15) is 6.04 Å². The number of hydrogen-bond donors (Lipinski definition) is 2. The van der Waals surface area contributed by atoms with Crippen LogP contribution in [0.15, 0.2) is 47.4 Å². The fourth-order valence-corrected chi connectivity index (χ4v) is 5.10. The molecule has 2 heterocycles. The monoisotopic (exact) mass is 431 g/mol. The first-order valence-electron chi connectivity index (χ1n) is 9.96. The highest BCUT2D eigenvalue weighted by Crippen LogP contribution is 2.32. The molecule has 1 saturated heterocycles. The van der Waals surface area contributed by atoms with Crippen LogP contribution < -0.4 is 20.1 Å². The molecule has 2 aliphatic heterocycles. The summed E-state index contributed by atoms with van der Waals surface area (Å²) in [5, 5.41) is 5.96. The zero-order chi connectivity index (χ0) is 21.1. The Morgan fingerprint density at radius 1 is 1.10 bits per heavy atom. The molecule has 0 aromatic heterocycles. The molecule has 1 amide bonds. The molecule has 2 aromatic rings. The molecule has 2 N–H and O–H groups in total. The first-order valence-corrected chi connectivity index (χ1v) is 11.4. The van der Waals surface area contributed by atoms with Gasteiger partial charge >= 0.3 is 0 Å². The lowest BCUT2D eigenvalue weighted by Crippen LogP contribution is -2.37. The van der Waals surface area contributed by atoms with Gasteiger partial charge in [-0.15, -0.1) is 0 Å². The molecule has 0 saturated carbocycles. The van der Waals surface area contributed by atoms with E-state index >= 15 is 0 Å². The lowest BCUT2D eigenvalue weighted by Gasteiger charge is -2.18. The molecule has 0 spiro atoms. The van der Waals surface area contributed by atoms with E-state index in [2.05, 4.69) is 10.6 Å². The summed E-state index contributed by atoms with van der Waals surface area (Å²) < 4.78 is 37.6. The number of hydrogen-bond acceptors (Lipinski definition) is 6. The van der Waals surface area contributed by atoms with E-state index in [9.17, 15) is 13.2 Å². The lowest BCUT2D eigenvalue weighted by atomic mass is 10.2. The zero-order valence-electron chi connectivity index (χ0n) is 16.8. The molecule has 30 heavy (non-hydrogen) atoms. The van der Waals surface area contributed by atoms with Crippen LogP contribution >= 0.6 is 0 Å². The molecule has 1 fully saturated rings. The van der Waals surface area contributed by atoms with E-state index in [-0.39, 0.29) is 17.6 Å². The van der Waals surface area contributed by atoms with Crippen LogP contribution in [0.4, 0.5) is 5.69 Å². The molecule has 0 radical (unpaired) electrons. The predicted octanol–water partition coefficient (Wildman–Crippen LogP) is 2.32. The summed E-state index contributed by atoms with van der Waals surface area (Å²) in [4.78, 5) is 12.7. The molecule has 0 aliphatic carbocycles. The van der Waals surface area contributed by atoms with Crippen molar-refractivity contribution in [3.63, 3.8) is 0 Å². The highest BCUT2D eigenvalue weighted by atomic mass is 32.2. The molecular weight excluding hydrogens is 406 g/mol. The number of sulfonamides is 1. The van der Waals surface area contributed by atoms with Crippen LogP contribution in [0.2, 0.25) is 0 Å². The number of amides is 1. The number of carbonyl (C=O) groups excluding carboxylic acids is 1. The number of ether oxygens (including phenoxy) is 2. The van der Waals surface area contributed by atoms with Gasteiger partial charge in [0.15, 0.2) is 11.5 Å². The second-order valence-corrected chi connectivity index (χ2v) is 9.35. The third-order valence-corrected chi connectivity index (χ3v) is 7.11. The number of anilines is 1. The van der Waals surface area contributed by atoms with Crippen molar-refractivity contribution < 1.29 is 22.7 Å². The second kappa shape index (κ2) is 8.53. The van der Waals surface area contributed by atoms with E-state index in [0.717, 1.165) is 18.4 Å². The standard InChI is InChI=1S/C21H25N3O5S/c1-15(21(25)22-13-16-7-8-19-20(11-16)29-14-28-19)23-17-5-4-6-18(12-17)30(26,27)24-9-2-3-10-24/h4-8,11-12,15,23H,2-3,9-10,13-14H2,1H3,(H,22,25)/t15-/m0/s1. The number of benzene rings is 2. The van der Waals surface area contributed by atoms with Crippen molar-refractivity contribution >= 4 is 21.6 Å². The van der Waals surface area contributed by atoms with E-state index in [1.807, 2.05) is 18.2 Å². The van der Waals surface area contributed by atoms with E-state index in [4.69, 9.17) is 9.47 Å². The van der Waals surface area contributed by atoms with Crippen LogP contribution in [0.1, 0.15) is 25.3 Å². The molecule has 0 unspecified atom stereocenters. The SMILES string of the molecule is C[C@H](Nc1cccc(S(=O)(=O)N2CCCC2)c1)C(=O)NCc1ccc2c(c1)OCO2. The molecule has 9 heteroatoms. The number of fused-ring (bicyclic) bond motifs is 1. The fraction of sp³-hybridized carbons (Fsp3) is 0.381. The molecule has 0 bridgehead atoms. The third kappa shape index (κ3) is 4.36. The van der Waals surface area contributed by atoms with E-state index < -0.39 is 16.1 Å². The quantitative estimate of drug-likeness (QED) is 0.698. The van der Waals surface area contributed by atoms with Gasteiger partial charge in [0.25, 0.3) is 0 Å². The van der Waals surface area contributed by atoms with Crippen molar-refractivity contribution in [1.82, 2.24) is 9.62 Å². The minimum Gasteiger partial charge on any atom is -0.454 e. The van der Waals surface area contributed by atoms with Gasteiger partial charge in [0, 0.05) is 25.3 Å². The summed E-state index contributed by atoms with van der Waals surface area (Å²) >= 11 is 0. The van der Waals surface area contributed by atoms with E-state index in [0.29, 0.717) is 36.8 Å². The second-order valence-electron chi connectivity index (χ2n) is 7.41. The number of rotatable bonds is 7. The van der Waals surface area contributed by atoms with Crippen LogP contribution in [0.5, 0.6) is 11.5 Å². The van der Waals surface area contributed by atoms with E-state index in [1.54, 1.807) is 31.2 Å². The molecule has 160 valence electrons. The summed E-state index contributed by atoms with van der Waals surface area (Å²) in [6.45, 7) is 3.40. The third-order valence-electron chi connectivity index (χ3n) is 5.22. The van der Waals surface area contributed by atoms with Crippen molar-refractivity contribution in [3.8, 4) is 11.5 Å². The average molecular weight is 432 g/mol. The van der Waals surface area contributed by atoms with Gasteiger partial charge in [-0.05, 0) is 55.7 Å². The van der Waals surface area contributed by atoms with Crippen LogP contribution in [0, 0.1) is 0 Å². The first kappa shape index (κ1) is 20.5. The Bertz CT molecular complexity index is 1030. The number of nitrogens with zero attached hydrogens (tertiary/aromatic N) is 1. The van der Waals surface area contributed by atoms with Crippen LogP contribution in [-0.2, 0) is 21.4 Å². The van der Waals surface area contributed by atoms with Gasteiger partial charge in [-0.3, -0.25) is 4.79 Å². The largest absolute Gasteiger partial charge is 0.454 e. The van der Waals surface area contributed by atoms with Gasteiger partial charge in [-0.25, -0.2) is 8.42 Å². The van der Waals surface area contributed by atoms with E-state index in [1.165, 1.54) is 4.31 Å². The lowest BCUT2D eigenvalue weighted by molar-refractivity contribution is -0.121. The van der Waals surface area contributed by atoms with Crippen LogP contribution in [-0.4, -0.2) is 44.6 Å². The van der Waals surface area contributed by atoms with Gasteiger partial charge in [0.2, 0.25) is 22.7 Å². The van der Waals surface area contributed by atoms with Crippen LogP contribution in [0.3, 0.4) is 0 Å². The fourth-order valence-electron chi connectivity index (χ4n) is 3.53. The maximum atomic E-state index is 12.7. The van der Waals surface area contributed by atoms with Crippen molar-refractivity contribution in [1.29, 1.82) is 0 Å². The minimum absolute atomic E-state index is 0.194. The maximum Gasteiger partial charge on any atom is 0.243 e. The Morgan fingerprint density at radius 3 is 2.67 bits per heavy atom. The van der Waals surface area contributed by atoms with Crippen molar-refractivity contribution in [3.05, 3.63) is 48.0 Å². The van der Waals surface area contributed by atoms with Gasteiger partial charge in [-0.2, -0.15) is 4.31 Å². The highest BCUT2D eigenvalue weighted by molar-refractivity contribution is 7.89. The van der Waals surface area contributed by atoms with Gasteiger partial charge < -0.3 is 20.1 Å². The summed E-state index contributed by atoms with van der Waals surface area (Å²) in [7, 11) is -3.50. The Labute approximate surface area is 176 Å². The normalized spacial score (nSPS) is 17.0. The Morgan fingerprint density at radius 2 is 1.87 bits per heavy atom. The highest BCUT2D eigenvalue weighted by Gasteiger charge is 2.27. The molecule has 2 aliphatic rings. The Kier molecular flexibility index (Phi) is 5.83. The smallest absolute Gasteiger partial charge is 0.243 e. The minimum atomic E-state index is -3.50.